The summed E-state index contributed by atoms with van der Waals surface area (Å²) in [6, 6.07) is 10.4. The third-order valence-corrected chi connectivity index (χ3v) is 3.91. The molecule has 1 fully saturated rings. The second-order valence-electron chi connectivity index (χ2n) is 5.92. The average molecular weight is 297 g/mol. The van der Waals surface area contributed by atoms with Crippen molar-refractivity contribution in [2.75, 3.05) is 42.3 Å². The van der Waals surface area contributed by atoms with Crippen molar-refractivity contribution in [3.63, 3.8) is 0 Å². The maximum Gasteiger partial charge on any atom is 0.136 e. The first-order valence-electron chi connectivity index (χ1n) is 7.77. The van der Waals surface area contributed by atoms with E-state index in [4.69, 9.17) is 0 Å². The number of aromatic nitrogens is 2. The molecule has 1 N–H and O–H groups in total. The standard InChI is InChI=1S/C17H23N5/c1-13-18-16(12-17(19-13)22-10-4-5-11-22)20-14-6-8-15(9-7-14)21(2)3/h6-9,12H,4-5,10-11H2,1-3H3,(H,18,19,20). The fourth-order valence-corrected chi connectivity index (χ4v) is 2.71. The van der Waals surface area contributed by atoms with Gasteiger partial charge in [-0.05, 0) is 44.0 Å². The van der Waals surface area contributed by atoms with Gasteiger partial charge in [-0.3, -0.25) is 0 Å². The lowest BCUT2D eigenvalue weighted by Gasteiger charge is -2.18. The number of aryl methyl sites for hydroxylation is 1. The van der Waals surface area contributed by atoms with Crippen molar-refractivity contribution in [1.82, 2.24) is 9.97 Å². The van der Waals surface area contributed by atoms with Gasteiger partial charge in [-0.25, -0.2) is 9.97 Å². The lowest BCUT2D eigenvalue weighted by Crippen LogP contribution is -2.19. The summed E-state index contributed by atoms with van der Waals surface area (Å²) in [7, 11) is 4.08. The van der Waals surface area contributed by atoms with E-state index in [2.05, 4.69) is 49.4 Å². The Morgan fingerprint density at radius 3 is 2.36 bits per heavy atom. The summed E-state index contributed by atoms with van der Waals surface area (Å²) in [5.41, 5.74) is 2.22. The Morgan fingerprint density at radius 1 is 1.05 bits per heavy atom. The normalized spacial score (nSPS) is 14.2. The molecule has 0 radical (unpaired) electrons. The largest absolute Gasteiger partial charge is 0.378 e. The monoisotopic (exact) mass is 297 g/mol. The van der Waals surface area contributed by atoms with Crippen LogP contribution in [-0.2, 0) is 0 Å². The van der Waals surface area contributed by atoms with E-state index in [-0.39, 0.29) is 0 Å². The highest BCUT2D eigenvalue weighted by Crippen LogP contribution is 2.23. The smallest absolute Gasteiger partial charge is 0.136 e. The molecule has 1 aliphatic heterocycles. The molecule has 2 heterocycles. The zero-order valence-electron chi connectivity index (χ0n) is 13.5. The minimum Gasteiger partial charge on any atom is -0.378 e. The highest BCUT2D eigenvalue weighted by atomic mass is 15.2. The highest BCUT2D eigenvalue weighted by Gasteiger charge is 2.15. The van der Waals surface area contributed by atoms with Crippen LogP contribution in [0.5, 0.6) is 0 Å². The number of hydrogen-bond donors (Lipinski definition) is 1. The number of nitrogens with one attached hydrogen (secondary N) is 1. The van der Waals surface area contributed by atoms with Gasteiger partial charge in [-0.2, -0.15) is 0 Å². The zero-order valence-corrected chi connectivity index (χ0v) is 13.5. The number of benzene rings is 1. The van der Waals surface area contributed by atoms with Gasteiger partial charge in [0.2, 0.25) is 0 Å². The maximum atomic E-state index is 4.56. The molecule has 116 valence electrons. The van der Waals surface area contributed by atoms with E-state index < -0.39 is 0 Å². The van der Waals surface area contributed by atoms with E-state index in [9.17, 15) is 0 Å². The van der Waals surface area contributed by atoms with Crippen LogP contribution in [0.15, 0.2) is 30.3 Å². The van der Waals surface area contributed by atoms with Crippen LogP contribution in [0.2, 0.25) is 0 Å². The summed E-state index contributed by atoms with van der Waals surface area (Å²) in [5, 5.41) is 3.38. The van der Waals surface area contributed by atoms with Crippen LogP contribution in [-0.4, -0.2) is 37.2 Å². The van der Waals surface area contributed by atoms with Crippen LogP contribution < -0.4 is 15.1 Å². The van der Waals surface area contributed by atoms with E-state index in [1.165, 1.54) is 18.5 Å². The Balaban J connectivity index is 1.79. The van der Waals surface area contributed by atoms with Crippen molar-refractivity contribution in [3.8, 4) is 0 Å². The fraction of sp³-hybridized carbons (Fsp3) is 0.412. The number of nitrogens with zero attached hydrogens (tertiary/aromatic N) is 4. The maximum absolute atomic E-state index is 4.56. The Kier molecular flexibility index (Phi) is 4.13. The predicted molar refractivity (Wildman–Crippen MR) is 92.3 cm³/mol. The van der Waals surface area contributed by atoms with Gasteiger partial charge >= 0.3 is 0 Å². The third-order valence-electron chi connectivity index (χ3n) is 3.91. The van der Waals surface area contributed by atoms with Crippen LogP contribution in [0.1, 0.15) is 18.7 Å². The average Bonchev–Trinajstić information content (AvgIpc) is 3.01. The van der Waals surface area contributed by atoms with E-state index in [1.54, 1.807) is 0 Å². The van der Waals surface area contributed by atoms with Crippen LogP contribution in [0, 0.1) is 6.92 Å². The molecule has 2 aromatic rings. The molecule has 0 atom stereocenters. The van der Waals surface area contributed by atoms with E-state index in [0.29, 0.717) is 0 Å². The second kappa shape index (κ2) is 6.22. The zero-order chi connectivity index (χ0) is 15.5. The molecule has 5 heteroatoms. The van der Waals surface area contributed by atoms with Crippen molar-refractivity contribution in [3.05, 3.63) is 36.2 Å². The van der Waals surface area contributed by atoms with E-state index in [0.717, 1.165) is 36.2 Å². The Labute approximate surface area is 132 Å². The molecule has 1 aliphatic rings. The molecule has 3 rings (SSSR count). The van der Waals surface area contributed by atoms with Gasteiger partial charge in [-0.1, -0.05) is 0 Å². The van der Waals surface area contributed by atoms with Crippen molar-refractivity contribution in [2.45, 2.75) is 19.8 Å². The minimum atomic E-state index is 0.803. The summed E-state index contributed by atoms with van der Waals surface area (Å²) >= 11 is 0. The minimum absolute atomic E-state index is 0.803. The third kappa shape index (κ3) is 3.30. The second-order valence-corrected chi connectivity index (χ2v) is 5.92. The van der Waals surface area contributed by atoms with Gasteiger partial charge in [-0.15, -0.1) is 0 Å². The fourth-order valence-electron chi connectivity index (χ4n) is 2.71. The van der Waals surface area contributed by atoms with Crippen LogP contribution >= 0.6 is 0 Å². The molecular formula is C17H23N5. The van der Waals surface area contributed by atoms with Gasteiger partial charge in [0.25, 0.3) is 0 Å². The lowest BCUT2D eigenvalue weighted by molar-refractivity contribution is 0.912. The molecule has 5 nitrogen and oxygen atoms in total. The van der Waals surface area contributed by atoms with Crippen molar-refractivity contribution in [2.24, 2.45) is 0 Å². The SMILES string of the molecule is Cc1nc(Nc2ccc(N(C)C)cc2)cc(N2CCCC2)n1. The summed E-state index contributed by atoms with van der Waals surface area (Å²) in [5.74, 6) is 2.68. The van der Waals surface area contributed by atoms with Crippen molar-refractivity contribution in [1.29, 1.82) is 0 Å². The summed E-state index contributed by atoms with van der Waals surface area (Å²) < 4.78 is 0. The first kappa shape index (κ1) is 14.6. The van der Waals surface area contributed by atoms with Crippen molar-refractivity contribution < 1.29 is 0 Å². The van der Waals surface area contributed by atoms with Gasteiger partial charge in [0, 0.05) is 44.6 Å². The van der Waals surface area contributed by atoms with E-state index in [1.807, 2.05) is 27.1 Å². The van der Waals surface area contributed by atoms with Gasteiger partial charge in [0.05, 0.1) is 0 Å². The predicted octanol–water partition coefficient (Wildman–Crippen LogP) is 3.19. The van der Waals surface area contributed by atoms with Gasteiger partial charge < -0.3 is 15.1 Å². The molecule has 0 spiro atoms. The molecule has 1 aromatic heterocycles. The topological polar surface area (TPSA) is 44.3 Å². The van der Waals surface area contributed by atoms with Crippen molar-refractivity contribution >= 4 is 23.0 Å². The summed E-state index contributed by atoms with van der Waals surface area (Å²) in [6.45, 7) is 4.13. The molecular weight excluding hydrogens is 274 g/mol. The van der Waals surface area contributed by atoms with Gasteiger partial charge in [0.15, 0.2) is 0 Å². The Hall–Kier alpha value is -2.30. The van der Waals surface area contributed by atoms with Crippen LogP contribution in [0.25, 0.3) is 0 Å². The molecule has 22 heavy (non-hydrogen) atoms. The number of rotatable bonds is 4. The molecule has 0 unspecified atom stereocenters. The first-order chi connectivity index (χ1) is 10.6. The Morgan fingerprint density at radius 2 is 1.73 bits per heavy atom. The Bertz CT molecular complexity index is 630. The summed E-state index contributed by atoms with van der Waals surface area (Å²) in [6.07, 6.45) is 2.50. The number of anilines is 4. The molecule has 0 amide bonds. The molecule has 1 aromatic carbocycles. The van der Waals surface area contributed by atoms with E-state index >= 15 is 0 Å². The quantitative estimate of drug-likeness (QED) is 0.939. The molecule has 0 bridgehead atoms. The molecule has 1 saturated heterocycles. The molecule has 0 saturated carbocycles. The molecule has 0 aliphatic carbocycles. The number of hydrogen-bond acceptors (Lipinski definition) is 5. The highest BCUT2D eigenvalue weighted by molar-refractivity contribution is 5.62. The summed E-state index contributed by atoms with van der Waals surface area (Å²) in [4.78, 5) is 13.5. The first-order valence-corrected chi connectivity index (χ1v) is 7.77. The van der Waals surface area contributed by atoms with Crippen LogP contribution in [0.4, 0.5) is 23.0 Å². The lowest BCUT2D eigenvalue weighted by atomic mass is 10.2. The van der Waals surface area contributed by atoms with Crippen LogP contribution in [0.3, 0.4) is 0 Å². The van der Waals surface area contributed by atoms with Gasteiger partial charge in [0.1, 0.15) is 17.5 Å².